The number of ether oxygens (including phenoxy) is 1. The average Bonchev–Trinajstić information content (AvgIpc) is 2.44. The van der Waals surface area contributed by atoms with Crippen molar-refractivity contribution >= 4 is 27.5 Å². The molecule has 4 heteroatoms. The van der Waals surface area contributed by atoms with Crippen molar-refractivity contribution in [2.24, 2.45) is 0 Å². The van der Waals surface area contributed by atoms with Gasteiger partial charge in [0.05, 0.1) is 13.2 Å². The first-order valence-electron chi connectivity index (χ1n) is 5.92. The van der Waals surface area contributed by atoms with Crippen molar-refractivity contribution in [3.05, 3.63) is 63.1 Å². The van der Waals surface area contributed by atoms with Gasteiger partial charge in [-0.2, -0.15) is 0 Å². The summed E-state index contributed by atoms with van der Waals surface area (Å²) in [7, 11) is 3.60. The number of para-hydroxylation sites is 1. The van der Waals surface area contributed by atoms with Gasteiger partial charge in [0.1, 0.15) is 5.75 Å². The van der Waals surface area contributed by atoms with Gasteiger partial charge in [-0.15, -0.1) is 0 Å². The quantitative estimate of drug-likeness (QED) is 0.889. The van der Waals surface area contributed by atoms with Crippen molar-refractivity contribution in [1.29, 1.82) is 0 Å². The van der Waals surface area contributed by atoms with Gasteiger partial charge in [0.2, 0.25) is 0 Å². The summed E-state index contributed by atoms with van der Waals surface area (Å²) in [4.78, 5) is 0. The van der Waals surface area contributed by atoms with Crippen molar-refractivity contribution < 1.29 is 4.74 Å². The van der Waals surface area contributed by atoms with Crippen molar-refractivity contribution in [2.75, 3.05) is 14.2 Å². The Bertz CT molecular complexity index is 574. The van der Waals surface area contributed by atoms with Crippen LogP contribution >= 0.6 is 27.5 Å². The molecule has 0 aliphatic carbocycles. The summed E-state index contributed by atoms with van der Waals surface area (Å²) >= 11 is 9.68. The normalized spacial score (nSPS) is 12.2. The molecule has 0 saturated carbocycles. The molecule has 0 fully saturated rings. The van der Waals surface area contributed by atoms with E-state index in [4.69, 9.17) is 16.3 Å². The number of nitrogens with one attached hydrogen (secondary N) is 1. The topological polar surface area (TPSA) is 21.3 Å². The maximum atomic E-state index is 6.10. The minimum Gasteiger partial charge on any atom is -0.496 e. The molecule has 0 heterocycles. The Hall–Kier alpha value is -1.03. The van der Waals surface area contributed by atoms with E-state index in [1.807, 2.05) is 49.5 Å². The SMILES string of the molecule is CNC(c1cc(Cl)ccc1Br)c1ccccc1OC. The smallest absolute Gasteiger partial charge is 0.123 e. The number of hydrogen-bond acceptors (Lipinski definition) is 2. The molecule has 2 aromatic carbocycles. The molecule has 0 spiro atoms. The first-order chi connectivity index (χ1) is 9.17. The fourth-order valence-corrected chi connectivity index (χ4v) is 2.78. The van der Waals surface area contributed by atoms with Crippen LogP contribution in [-0.2, 0) is 0 Å². The zero-order valence-electron chi connectivity index (χ0n) is 10.8. The summed E-state index contributed by atoms with van der Waals surface area (Å²) in [6.45, 7) is 0. The molecule has 1 N–H and O–H groups in total. The minimum atomic E-state index is 0.0178. The van der Waals surface area contributed by atoms with Crippen LogP contribution in [-0.4, -0.2) is 14.2 Å². The summed E-state index contributed by atoms with van der Waals surface area (Å²) in [5.41, 5.74) is 2.16. The Labute approximate surface area is 126 Å². The summed E-state index contributed by atoms with van der Waals surface area (Å²) in [5, 5.41) is 4.02. The Morgan fingerprint density at radius 3 is 2.58 bits per heavy atom. The van der Waals surface area contributed by atoms with Crippen LogP contribution in [0.4, 0.5) is 0 Å². The maximum absolute atomic E-state index is 6.10. The molecule has 2 rings (SSSR count). The van der Waals surface area contributed by atoms with E-state index >= 15 is 0 Å². The van der Waals surface area contributed by atoms with Crippen LogP contribution < -0.4 is 10.1 Å². The first-order valence-corrected chi connectivity index (χ1v) is 7.09. The molecule has 0 amide bonds. The van der Waals surface area contributed by atoms with E-state index in [0.29, 0.717) is 5.02 Å². The fourth-order valence-electron chi connectivity index (χ4n) is 2.12. The average molecular weight is 341 g/mol. The molecule has 2 nitrogen and oxygen atoms in total. The van der Waals surface area contributed by atoms with Gasteiger partial charge in [-0.05, 0) is 36.9 Å². The first kappa shape index (κ1) is 14.4. The van der Waals surface area contributed by atoms with Crippen LogP contribution in [0.2, 0.25) is 5.02 Å². The van der Waals surface area contributed by atoms with Crippen LogP contribution in [0.25, 0.3) is 0 Å². The van der Waals surface area contributed by atoms with Gasteiger partial charge in [0.25, 0.3) is 0 Å². The largest absolute Gasteiger partial charge is 0.496 e. The minimum absolute atomic E-state index is 0.0178. The third kappa shape index (κ3) is 3.11. The molecule has 100 valence electrons. The predicted molar refractivity (Wildman–Crippen MR) is 83.0 cm³/mol. The Morgan fingerprint density at radius 2 is 1.89 bits per heavy atom. The zero-order chi connectivity index (χ0) is 13.8. The van der Waals surface area contributed by atoms with Gasteiger partial charge in [0.15, 0.2) is 0 Å². The highest BCUT2D eigenvalue weighted by Gasteiger charge is 2.18. The van der Waals surface area contributed by atoms with E-state index in [0.717, 1.165) is 21.3 Å². The number of hydrogen-bond donors (Lipinski definition) is 1. The third-order valence-electron chi connectivity index (χ3n) is 3.01. The lowest BCUT2D eigenvalue weighted by atomic mass is 9.98. The van der Waals surface area contributed by atoms with Crippen molar-refractivity contribution in [2.45, 2.75) is 6.04 Å². The number of rotatable bonds is 4. The van der Waals surface area contributed by atoms with E-state index < -0.39 is 0 Å². The summed E-state index contributed by atoms with van der Waals surface area (Å²) < 4.78 is 6.45. The molecule has 0 aromatic heterocycles. The maximum Gasteiger partial charge on any atom is 0.123 e. The second-order valence-electron chi connectivity index (χ2n) is 4.13. The van der Waals surface area contributed by atoms with Crippen molar-refractivity contribution in [3.63, 3.8) is 0 Å². The van der Waals surface area contributed by atoms with Crippen LogP contribution in [0.5, 0.6) is 5.75 Å². The van der Waals surface area contributed by atoms with Gasteiger partial charge < -0.3 is 10.1 Å². The fraction of sp³-hybridized carbons (Fsp3) is 0.200. The molecule has 0 bridgehead atoms. The number of methoxy groups -OCH3 is 1. The lowest BCUT2D eigenvalue weighted by Gasteiger charge is -2.21. The van der Waals surface area contributed by atoms with Crippen LogP contribution in [0.3, 0.4) is 0 Å². The third-order valence-corrected chi connectivity index (χ3v) is 3.96. The molecule has 0 saturated heterocycles. The van der Waals surface area contributed by atoms with E-state index in [1.165, 1.54) is 0 Å². The van der Waals surface area contributed by atoms with Gasteiger partial charge in [-0.1, -0.05) is 45.7 Å². The summed E-state index contributed by atoms with van der Waals surface area (Å²) in [5.74, 6) is 0.855. The van der Waals surface area contributed by atoms with E-state index in [1.54, 1.807) is 7.11 Å². The molecule has 1 atom stereocenters. The lowest BCUT2D eigenvalue weighted by molar-refractivity contribution is 0.405. The van der Waals surface area contributed by atoms with E-state index in [2.05, 4.69) is 21.2 Å². The molecule has 19 heavy (non-hydrogen) atoms. The van der Waals surface area contributed by atoms with Gasteiger partial charge in [0, 0.05) is 15.1 Å². The van der Waals surface area contributed by atoms with Gasteiger partial charge in [-0.25, -0.2) is 0 Å². The molecule has 0 aliphatic rings. The van der Waals surface area contributed by atoms with Crippen LogP contribution in [0, 0.1) is 0 Å². The lowest BCUT2D eigenvalue weighted by Crippen LogP contribution is -2.19. The zero-order valence-corrected chi connectivity index (χ0v) is 13.1. The molecule has 0 radical (unpaired) electrons. The number of benzene rings is 2. The van der Waals surface area contributed by atoms with Crippen molar-refractivity contribution in [1.82, 2.24) is 5.32 Å². The van der Waals surface area contributed by atoms with Gasteiger partial charge in [-0.3, -0.25) is 0 Å². The molecule has 0 aliphatic heterocycles. The predicted octanol–water partition coefficient (Wildman–Crippen LogP) is 4.42. The van der Waals surface area contributed by atoms with Gasteiger partial charge >= 0.3 is 0 Å². The highest BCUT2D eigenvalue weighted by molar-refractivity contribution is 9.10. The van der Waals surface area contributed by atoms with Crippen LogP contribution in [0.1, 0.15) is 17.2 Å². The Kier molecular flexibility index (Phi) is 4.86. The van der Waals surface area contributed by atoms with E-state index in [-0.39, 0.29) is 6.04 Å². The highest BCUT2D eigenvalue weighted by Crippen LogP contribution is 2.34. The van der Waals surface area contributed by atoms with Crippen LogP contribution in [0.15, 0.2) is 46.9 Å². The molecule has 2 aromatic rings. The second kappa shape index (κ2) is 6.42. The standard InChI is InChI=1S/C15H15BrClNO/c1-18-15(11-5-3-4-6-14(11)19-2)12-9-10(17)7-8-13(12)16/h3-9,15,18H,1-2H3. The van der Waals surface area contributed by atoms with Crippen molar-refractivity contribution in [3.8, 4) is 5.75 Å². The highest BCUT2D eigenvalue weighted by atomic mass is 79.9. The molecular formula is C15H15BrClNO. The number of halogens is 2. The molecule has 1 unspecified atom stereocenters. The van der Waals surface area contributed by atoms with E-state index in [9.17, 15) is 0 Å². The summed E-state index contributed by atoms with van der Waals surface area (Å²) in [6, 6.07) is 13.8. The summed E-state index contributed by atoms with van der Waals surface area (Å²) in [6.07, 6.45) is 0. The molecular weight excluding hydrogens is 326 g/mol. The Balaban J connectivity index is 2.53. The second-order valence-corrected chi connectivity index (χ2v) is 5.42. The Morgan fingerprint density at radius 1 is 1.16 bits per heavy atom. The monoisotopic (exact) mass is 339 g/mol.